The van der Waals surface area contributed by atoms with Gasteiger partial charge in [0.1, 0.15) is 0 Å². The first-order valence-electron chi connectivity index (χ1n) is 6.46. The number of amides is 1. The van der Waals surface area contributed by atoms with Crippen LogP contribution in [0.4, 0.5) is 5.69 Å². The van der Waals surface area contributed by atoms with Crippen LogP contribution in [0.5, 0.6) is 0 Å². The molecule has 1 atom stereocenters. The van der Waals surface area contributed by atoms with Crippen molar-refractivity contribution in [1.29, 1.82) is 0 Å². The molecule has 0 saturated carbocycles. The molecule has 1 unspecified atom stereocenters. The van der Waals surface area contributed by atoms with Crippen molar-refractivity contribution in [1.82, 2.24) is 0 Å². The van der Waals surface area contributed by atoms with Crippen molar-refractivity contribution < 1.29 is 9.53 Å². The Labute approximate surface area is 108 Å². The van der Waals surface area contributed by atoms with Gasteiger partial charge in [0.25, 0.3) is 0 Å². The molecule has 2 rings (SSSR count). The highest BCUT2D eigenvalue weighted by Crippen LogP contribution is 2.27. The van der Waals surface area contributed by atoms with Gasteiger partial charge in [-0.3, -0.25) is 4.79 Å². The predicted octanol–water partition coefficient (Wildman–Crippen LogP) is 1.33. The average molecular weight is 248 g/mol. The number of anilines is 1. The zero-order valence-electron chi connectivity index (χ0n) is 10.8. The van der Waals surface area contributed by atoms with Gasteiger partial charge in [0.2, 0.25) is 5.91 Å². The molecule has 0 saturated heterocycles. The summed E-state index contributed by atoms with van der Waals surface area (Å²) in [6.07, 6.45) is 1.30. The van der Waals surface area contributed by atoms with Crippen molar-refractivity contribution in [2.45, 2.75) is 25.9 Å². The van der Waals surface area contributed by atoms with Crippen LogP contribution in [-0.4, -0.2) is 31.7 Å². The van der Waals surface area contributed by atoms with E-state index >= 15 is 0 Å². The Morgan fingerprint density at radius 3 is 2.89 bits per heavy atom. The number of hydrogen-bond acceptors (Lipinski definition) is 3. The van der Waals surface area contributed by atoms with E-state index in [-0.39, 0.29) is 12.0 Å². The van der Waals surface area contributed by atoms with Crippen LogP contribution in [0.2, 0.25) is 0 Å². The van der Waals surface area contributed by atoms with Crippen molar-refractivity contribution in [2.24, 2.45) is 5.73 Å². The highest BCUT2D eigenvalue weighted by molar-refractivity contribution is 5.96. The summed E-state index contributed by atoms with van der Waals surface area (Å²) in [6, 6.07) is 8.04. The Hall–Kier alpha value is -1.39. The maximum absolute atomic E-state index is 12.0. The fraction of sp³-hybridized carbons (Fsp3) is 0.500. The minimum atomic E-state index is -0.0925. The van der Waals surface area contributed by atoms with Crippen molar-refractivity contribution in [3.05, 3.63) is 29.8 Å². The molecule has 4 nitrogen and oxygen atoms in total. The number of ether oxygens (including phenoxy) is 1. The third kappa shape index (κ3) is 2.71. The lowest BCUT2D eigenvalue weighted by molar-refractivity contribution is -0.119. The van der Waals surface area contributed by atoms with Crippen LogP contribution in [-0.2, 0) is 16.0 Å². The summed E-state index contributed by atoms with van der Waals surface area (Å²) in [5.41, 5.74) is 7.91. The van der Waals surface area contributed by atoms with Gasteiger partial charge in [-0.2, -0.15) is 0 Å². The van der Waals surface area contributed by atoms with Gasteiger partial charge in [0.15, 0.2) is 0 Å². The third-order valence-corrected chi connectivity index (χ3v) is 3.24. The molecular formula is C14H20N2O2. The van der Waals surface area contributed by atoms with Crippen LogP contribution in [0.1, 0.15) is 18.9 Å². The predicted molar refractivity (Wildman–Crippen MR) is 71.6 cm³/mol. The number of benzene rings is 1. The summed E-state index contributed by atoms with van der Waals surface area (Å²) in [5.74, 6) is 0.159. The molecule has 1 amide bonds. The molecule has 0 fully saturated rings. The molecule has 2 N–H and O–H groups in total. The van der Waals surface area contributed by atoms with Crippen molar-refractivity contribution in [3.8, 4) is 0 Å². The highest BCUT2D eigenvalue weighted by Gasteiger charge is 2.25. The summed E-state index contributed by atoms with van der Waals surface area (Å²) in [5, 5.41) is 0. The van der Waals surface area contributed by atoms with Gasteiger partial charge < -0.3 is 15.4 Å². The normalized spacial score (nSPS) is 16.6. The zero-order chi connectivity index (χ0) is 13.0. The third-order valence-electron chi connectivity index (χ3n) is 3.24. The highest BCUT2D eigenvalue weighted by atomic mass is 16.5. The molecule has 1 heterocycles. The van der Waals surface area contributed by atoms with E-state index in [1.165, 1.54) is 5.56 Å². The Kier molecular flexibility index (Phi) is 4.33. The van der Waals surface area contributed by atoms with Crippen LogP contribution < -0.4 is 10.6 Å². The van der Waals surface area contributed by atoms with E-state index < -0.39 is 0 Å². The molecule has 1 aromatic rings. The fourth-order valence-corrected chi connectivity index (χ4v) is 2.33. The Morgan fingerprint density at radius 1 is 1.39 bits per heavy atom. The summed E-state index contributed by atoms with van der Waals surface area (Å²) < 4.78 is 5.54. The second kappa shape index (κ2) is 5.98. The minimum absolute atomic E-state index is 0.0925. The van der Waals surface area contributed by atoms with Crippen LogP contribution in [0.25, 0.3) is 0 Å². The monoisotopic (exact) mass is 248 g/mol. The number of para-hydroxylation sites is 1. The van der Waals surface area contributed by atoms with E-state index in [0.29, 0.717) is 26.1 Å². The average Bonchev–Trinajstić information content (AvgIpc) is 2.41. The van der Waals surface area contributed by atoms with Gasteiger partial charge in [-0.05, 0) is 25.0 Å². The van der Waals surface area contributed by atoms with Gasteiger partial charge in [-0.25, -0.2) is 0 Å². The standard InChI is InChI=1S/C14H20N2O2/c1-2-18-12(9-15)10-16-13-6-4-3-5-11(13)7-8-14(16)17/h3-6,12H,2,7-10,15H2,1H3. The first-order chi connectivity index (χ1) is 8.76. The quantitative estimate of drug-likeness (QED) is 0.855. The van der Waals surface area contributed by atoms with Crippen molar-refractivity contribution in [3.63, 3.8) is 0 Å². The van der Waals surface area contributed by atoms with Gasteiger partial charge >= 0.3 is 0 Å². The SMILES string of the molecule is CCOC(CN)CN1C(=O)CCc2ccccc21. The molecule has 0 bridgehead atoms. The number of rotatable bonds is 5. The molecular weight excluding hydrogens is 228 g/mol. The maximum Gasteiger partial charge on any atom is 0.227 e. The molecule has 1 aromatic carbocycles. The van der Waals surface area contributed by atoms with E-state index in [2.05, 4.69) is 6.07 Å². The zero-order valence-corrected chi connectivity index (χ0v) is 10.8. The summed E-state index contributed by atoms with van der Waals surface area (Å²) >= 11 is 0. The molecule has 0 aromatic heterocycles. The van der Waals surface area contributed by atoms with Gasteiger partial charge in [0.05, 0.1) is 12.6 Å². The molecule has 0 aliphatic carbocycles. The van der Waals surface area contributed by atoms with E-state index in [0.717, 1.165) is 12.1 Å². The molecule has 18 heavy (non-hydrogen) atoms. The number of nitrogens with two attached hydrogens (primary N) is 1. The lowest BCUT2D eigenvalue weighted by Gasteiger charge is -2.32. The number of aryl methyl sites for hydroxylation is 1. The van der Waals surface area contributed by atoms with E-state index in [9.17, 15) is 4.79 Å². The van der Waals surface area contributed by atoms with E-state index in [1.54, 1.807) is 0 Å². The van der Waals surface area contributed by atoms with Gasteiger partial charge in [0, 0.05) is 25.3 Å². The smallest absolute Gasteiger partial charge is 0.227 e. The van der Waals surface area contributed by atoms with Crippen LogP contribution >= 0.6 is 0 Å². The Bertz CT molecular complexity index is 420. The number of nitrogens with zero attached hydrogens (tertiary/aromatic N) is 1. The van der Waals surface area contributed by atoms with Gasteiger partial charge in [-0.15, -0.1) is 0 Å². The van der Waals surface area contributed by atoms with Gasteiger partial charge in [-0.1, -0.05) is 18.2 Å². The van der Waals surface area contributed by atoms with Crippen molar-refractivity contribution >= 4 is 11.6 Å². The summed E-state index contributed by atoms with van der Waals surface area (Å²) in [6.45, 7) is 3.53. The lowest BCUT2D eigenvalue weighted by Crippen LogP contribution is -2.43. The molecule has 98 valence electrons. The second-order valence-electron chi connectivity index (χ2n) is 4.45. The molecule has 4 heteroatoms. The summed E-state index contributed by atoms with van der Waals surface area (Å²) in [7, 11) is 0. The molecule has 0 radical (unpaired) electrons. The lowest BCUT2D eigenvalue weighted by atomic mass is 10.0. The second-order valence-corrected chi connectivity index (χ2v) is 4.45. The minimum Gasteiger partial charge on any atom is -0.375 e. The van der Waals surface area contributed by atoms with E-state index in [4.69, 9.17) is 10.5 Å². The van der Waals surface area contributed by atoms with E-state index in [1.807, 2.05) is 30.0 Å². The number of hydrogen-bond donors (Lipinski definition) is 1. The maximum atomic E-state index is 12.0. The topological polar surface area (TPSA) is 55.6 Å². The number of carbonyl (C=O) groups is 1. The Morgan fingerprint density at radius 2 is 2.17 bits per heavy atom. The van der Waals surface area contributed by atoms with Crippen LogP contribution in [0.15, 0.2) is 24.3 Å². The van der Waals surface area contributed by atoms with Crippen molar-refractivity contribution in [2.75, 3.05) is 24.6 Å². The summed E-state index contributed by atoms with van der Waals surface area (Å²) in [4.78, 5) is 13.9. The fourth-order valence-electron chi connectivity index (χ4n) is 2.33. The first-order valence-corrected chi connectivity index (χ1v) is 6.46. The first kappa shape index (κ1) is 13.1. The Balaban J connectivity index is 2.18. The van der Waals surface area contributed by atoms with Crippen LogP contribution in [0.3, 0.4) is 0 Å². The largest absolute Gasteiger partial charge is 0.375 e. The molecule has 1 aliphatic heterocycles. The molecule has 1 aliphatic rings. The molecule has 0 spiro atoms. The number of carbonyl (C=O) groups excluding carboxylic acids is 1. The number of fused-ring (bicyclic) bond motifs is 1. The van der Waals surface area contributed by atoms with Crippen LogP contribution in [0, 0.1) is 0 Å².